The first-order chi connectivity index (χ1) is 10.9. The van der Waals surface area contributed by atoms with Crippen LogP contribution in [0.25, 0.3) is 32.1 Å². The molecule has 3 heterocycles. The van der Waals surface area contributed by atoms with Gasteiger partial charge in [-0.15, -0.1) is 11.3 Å². The van der Waals surface area contributed by atoms with Crippen molar-refractivity contribution in [2.75, 3.05) is 6.54 Å². The predicted molar refractivity (Wildman–Crippen MR) is 94.5 cm³/mol. The second kappa shape index (κ2) is 4.70. The van der Waals surface area contributed by atoms with Crippen molar-refractivity contribution in [2.24, 2.45) is 0 Å². The van der Waals surface area contributed by atoms with E-state index in [1.807, 2.05) is 11.3 Å². The van der Waals surface area contributed by atoms with E-state index >= 15 is 0 Å². The summed E-state index contributed by atoms with van der Waals surface area (Å²) in [7, 11) is 0. The van der Waals surface area contributed by atoms with Crippen LogP contribution >= 0.6 is 11.3 Å². The fourth-order valence-electron chi connectivity index (χ4n) is 3.60. The molecular weight excluding hydrogens is 288 g/mol. The summed E-state index contributed by atoms with van der Waals surface area (Å²) in [5.74, 6) is 0. The first kappa shape index (κ1) is 12.4. The van der Waals surface area contributed by atoms with Crippen LogP contribution in [0.1, 0.15) is 11.3 Å². The van der Waals surface area contributed by atoms with Crippen molar-refractivity contribution in [3.05, 3.63) is 59.1 Å². The molecule has 0 atom stereocenters. The summed E-state index contributed by atoms with van der Waals surface area (Å²) >= 11 is 1.84. The number of aromatic nitrogens is 1. The van der Waals surface area contributed by atoms with E-state index in [0.29, 0.717) is 0 Å². The summed E-state index contributed by atoms with van der Waals surface area (Å²) in [5.41, 5.74) is 6.81. The number of hydrogen-bond acceptors (Lipinski definition) is 2. The maximum absolute atomic E-state index is 3.64. The number of rotatable bonds is 1. The quantitative estimate of drug-likeness (QED) is 0.524. The number of hydrogen-bond donors (Lipinski definition) is 2. The molecule has 0 saturated carbocycles. The van der Waals surface area contributed by atoms with Gasteiger partial charge in [-0.25, -0.2) is 0 Å². The van der Waals surface area contributed by atoms with Gasteiger partial charge < -0.3 is 10.3 Å². The number of fused-ring (bicyclic) bond motifs is 5. The van der Waals surface area contributed by atoms with E-state index < -0.39 is 0 Å². The SMILES string of the molecule is c1ccc(-c2csc3ccc4[nH]c5c(c4c23)CNCC5)cc1. The molecular formula is C19H16N2S. The van der Waals surface area contributed by atoms with Gasteiger partial charge in [0, 0.05) is 51.8 Å². The number of H-pyrrole nitrogens is 1. The molecule has 0 fully saturated rings. The second-order valence-electron chi connectivity index (χ2n) is 5.89. The van der Waals surface area contributed by atoms with Gasteiger partial charge in [0.05, 0.1) is 0 Å². The first-order valence-corrected chi connectivity index (χ1v) is 8.59. The Balaban J connectivity index is 1.91. The summed E-state index contributed by atoms with van der Waals surface area (Å²) in [5, 5.41) is 8.65. The van der Waals surface area contributed by atoms with Gasteiger partial charge in [-0.05, 0) is 28.6 Å². The van der Waals surface area contributed by atoms with E-state index in [1.165, 1.54) is 43.4 Å². The van der Waals surface area contributed by atoms with E-state index in [-0.39, 0.29) is 0 Å². The van der Waals surface area contributed by atoms with Crippen molar-refractivity contribution in [1.29, 1.82) is 0 Å². The molecule has 1 aliphatic heterocycles. The molecule has 2 aromatic heterocycles. The molecule has 0 radical (unpaired) electrons. The fraction of sp³-hybridized carbons (Fsp3) is 0.158. The third-order valence-electron chi connectivity index (χ3n) is 4.63. The molecule has 0 spiro atoms. The normalized spacial score (nSPS) is 14.5. The zero-order valence-electron chi connectivity index (χ0n) is 12.1. The third kappa shape index (κ3) is 1.70. The van der Waals surface area contributed by atoms with Crippen LogP contribution < -0.4 is 5.32 Å². The number of aromatic amines is 1. The van der Waals surface area contributed by atoms with Crippen molar-refractivity contribution in [2.45, 2.75) is 13.0 Å². The summed E-state index contributed by atoms with van der Waals surface area (Å²) in [4.78, 5) is 3.64. The Morgan fingerprint density at radius 1 is 0.955 bits per heavy atom. The molecule has 22 heavy (non-hydrogen) atoms. The number of thiophene rings is 1. The van der Waals surface area contributed by atoms with Gasteiger partial charge in [0.1, 0.15) is 0 Å². The standard InChI is InChI=1S/C19H16N2S/c1-2-4-12(5-3-1)14-11-22-17-7-6-16-18(19(14)17)13-10-20-9-8-15(13)21-16/h1-7,11,20-21H,8-10H2. The van der Waals surface area contributed by atoms with Crippen LogP contribution in [0.4, 0.5) is 0 Å². The summed E-state index contributed by atoms with van der Waals surface area (Å²) < 4.78 is 1.37. The zero-order chi connectivity index (χ0) is 14.5. The van der Waals surface area contributed by atoms with Crippen LogP contribution in [0.15, 0.2) is 47.8 Å². The second-order valence-corrected chi connectivity index (χ2v) is 6.80. The molecule has 3 heteroatoms. The molecule has 2 nitrogen and oxygen atoms in total. The van der Waals surface area contributed by atoms with Crippen LogP contribution in [-0.2, 0) is 13.0 Å². The van der Waals surface area contributed by atoms with Gasteiger partial charge in [0.25, 0.3) is 0 Å². The van der Waals surface area contributed by atoms with Gasteiger partial charge in [0.2, 0.25) is 0 Å². The Labute approximate surface area is 132 Å². The van der Waals surface area contributed by atoms with Crippen molar-refractivity contribution in [1.82, 2.24) is 10.3 Å². The molecule has 4 aromatic rings. The van der Waals surface area contributed by atoms with Crippen LogP contribution in [0.3, 0.4) is 0 Å². The lowest BCUT2D eigenvalue weighted by atomic mass is 9.98. The molecule has 0 saturated heterocycles. The first-order valence-electron chi connectivity index (χ1n) is 7.71. The monoisotopic (exact) mass is 304 g/mol. The van der Waals surface area contributed by atoms with Gasteiger partial charge in [-0.3, -0.25) is 0 Å². The van der Waals surface area contributed by atoms with E-state index in [0.717, 1.165) is 19.5 Å². The molecule has 0 amide bonds. The largest absolute Gasteiger partial charge is 0.358 e. The van der Waals surface area contributed by atoms with E-state index in [4.69, 9.17) is 0 Å². The van der Waals surface area contributed by atoms with Crippen molar-refractivity contribution < 1.29 is 0 Å². The molecule has 2 aromatic carbocycles. The highest BCUT2D eigenvalue weighted by Gasteiger charge is 2.19. The minimum absolute atomic E-state index is 0.971. The van der Waals surface area contributed by atoms with Crippen molar-refractivity contribution >= 4 is 32.3 Å². The predicted octanol–water partition coefficient (Wildman–Crippen LogP) is 4.70. The Bertz CT molecular complexity index is 979. The van der Waals surface area contributed by atoms with E-state index in [9.17, 15) is 0 Å². The zero-order valence-corrected chi connectivity index (χ0v) is 13.0. The lowest BCUT2D eigenvalue weighted by Crippen LogP contribution is -2.22. The van der Waals surface area contributed by atoms with Crippen LogP contribution in [0.2, 0.25) is 0 Å². The molecule has 0 aliphatic carbocycles. The van der Waals surface area contributed by atoms with Gasteiger partial charge in [-0.2, -0.15) is 0 Å². The van der Waals surface area contributed by atoms with E-state index in [2.05, 4.69) is 58.1 Å². The minimum atomic E-state index is 0.971. The Hall–Kier alpha value is -2.10. The Kier molecular flexibility index (Phi) is 2.66. The highest BCUT2D eigenvalue weighted by molar-refractivity contribution is 7.18. The fourth-order valence-corrected chi connectivity index (χ4v) is 4.58. The van der Waals surface area contributed by atoms with E-state index in [1.54, 1.807) is 0 Å². The average Bonchev–Trinajstić information content (AvgIpc) is 3.16. The van der Waals surface area contributed by atoms with Crippen molar-refractivity contribution in [3.8, 4) is 11.1 Å². The van der Waals surface area contributed by atoms with Gasteiger partial charge in [0.15, 0.2) is 0 Å². The number of benzene rings is 2. The molecule has 0 bridgehead atoms. The van der Waals surface area contributed by atoms with Crippen LogP contribution in [-0.4, -0.2) is 11.5 Å². The molecule has 5 rings (SSSR count). The smallest absolute Gasteiger partial charge is 0.0466 e. The Morgan fingerprint density at radius 2 is 1.86 bits per heavy atom. The summed E-state index contributed by atoms with van der Waals surface area (Å²) in [6, 6.07) is 15.2. The van der Waals surface area contributed by atoms with Crippen molar-refractivity contribution in [3.63, 3.8) is 0 Å². The van der Waals surface area contributed by atoms with Gasteiger partial charge in [-0.1, -0.05) is 30.3 Å². The molecule has 1 aliphatic rings. The maximum atomic E-state index is 3.64. The molecule has 2 N–H and O–H groups in total. The average molecular weight is 304 g/mol. The molecule has 108 valence electrons. The lowest BCUT2D eigenvalue weighted by molar-refractivity contribution is 0.641. The summed E-state index contributed by atoms with van der Waals surface area (Å²) in [6.07, 6.45) is 1.09. The third-order valence-corrected chi connectivity index (χ3v) is 5.58. The highest BCUT2D eigenvalue weighted by Crippen LogP contribution is 2.41. The lowest BCUT2D eigenvalue weighted by Gasteiger charge is -2.13. The Morgan fingerprint density at radius 3 is 2.77 bits per heavy atom. The molecule has 0 unspecified atom stereocenters. The summed E-state index contributed by atoms with van der Waals surface area (Å²) in [6.45, 7) is 2.04. The number of nitrogens with one attached hydrogen (secondary N) is 2. The van der Waals surface area contributed by atoms with Crippen LogP contribution in [0.5, 0.6) is 0 Å². The topological polar surface area (TPSA) is 27.8 Å². The van der Waals surface area contributed by atoms with Crippen LogP contribution in [0, 0.1) is 0 Å². The minimum Gasteiger partial charge on any atom is -0.358 e. The van der Waals surface area contributed by atoms with Gasteiger partial charge >= 0.3 is 0 Å². The highest BCUT2D eigenvalue weighted by atomic mass is 32.1. The maximum Gasteiger partial charge on any atom is 0.0466 e.